The summed E-state index contributed by atoms with van der Waals surface area (Å²) in [6, 6.07) is 27.2. The molecule has 3 aromatic carbocycles. The van der Waals surface area contributed by atoms with Crippen molar-refractivity contribution in [3.05, 3.63) is 95.6 Å². The van der Waals surface area contributed by atoms with Crippen LogP contribution in [0.4, 0.5) is 0 Å². The summed E-state index contributed by atoms with van der Waals surface area (Å²) in [5.41, 5.74) is 2.36. The van der Waals surface area contributed by atoms with Gasteiger partial charge in [0.15, 0.2) is 0 Å². The molecule has 1 unspecified atom stereocenters. The lowest BCUT2D eigenvalue weighted by Gasteiger charge is -2.37. The van der Waals surface area contributed by atoms with Gasteiger partial charge in [-0.2, -0.15) is 11.8 Å². The van der Waals surface area contributed by atoms with Crippen LogP contribution in [0.2, 0.25) is 0 Å². The topological polar surface area (TPSA) is 36.9 Å². The summed E-state index contributed by atoms with van der Waals surface area (Å²) in [6.45, 7) is 5.85. The SMILES string of the molecule is CCCCCCCCCCCCSCC(COC(c1ccccc1)(c1ccc(OC)cc1)c1ccc(OC)cc1)OCCCCCCCCCC. The Morgan fingerprint density at radius 2 is 0.941 bits per heavy atom. The highest BCUT2D eigenvalue weighted by atomic mass is 32.2. The third-order valence-corrected chi connectivity index (χ3v) is 11.1. The molecule has 0 amide bonds. The van der Waals surface area contributed by atoms with Crippen molar-refractivity contribution in [3.63, 3.8) is 0 Å². The predicted octanol–water partition coefficient (Wildman–Crippen LogP) is 13.2. The van der Waals surface area contributed by atoms with Crippen molar-refractivity contribution in [2.24, 2.45) is 0 Å². The maximum atomic E-state index is 7.27. The summed E-state index contributed by atoms with van der Waals surface area (Å²) in [4.78, 5) is 0. The first-order valence-electron chi connectivity index (χ1n) is 20.4. The second-order valence-electron chi connectivity index (χ2n) is 14.0. The van der Waals surface area contributed by atoms with E-state index >= 15 is 0 Å². The molecule has 4 nitrogen and oxygen atoms in total. The Balaban J connectivity index is 1.70. The van der Waals surface area contributed by atoms with E-state index < -0.39 is 5.60 Å². The maximum Gasteiger partial charge on any atom is 0.143 e. The Morgan fingerprint density at radius 1 is 0.510 bits per heavy atom. The second-order valence-corrected chi connectivity index (χ2v) is 15.2. The van der Waals surface area contributed by atoms with Gasteiger partial charge in [0.1, 0.15) is 17.1 Å². The Morgan fingerprint density at radius 3 is 1.41 bits per heavy atom. The number of unbranched alkanes of at least 4 members (excludes halogenated alkanes) is 16. The minimum atomic E-state index is -0.832. The standard InChI is InChI=1S/C46H70O4S/c1-5-7-9-11-13-15-16-18-20-25-37-51-39-45(49-36-24-19-17-14-12-10-8-6-2)38-50-46(40-26-22-21-23-27-40,41-28-32-43(47-3)33-29-41)42-30-34-44(48-4)35-31-42/h21-23,26-35,45H,5-20,24-25,36-39H2,1-4H3. The third kappa shape index (κ3) is 16.0. The van der Waals surface area contributed by atoms with E-state index in [-0.39, 0.29) is 6.10 Å². The maximum absolute atomic E-state index is 7.27. The van der Waals surface area contributed by atoms with Crippen molar-refractivity contribution in [2.75, 3.05) is 38.9 Å². The molecule has 0 N–H and O–H groups in total. The molecule has 1 atom stereocenters. The van der Waals surface area contributed by atoms with Gasteiger partial charge in [-0.15, -0.1) is 0 Å². The van der Waals surface area contributed by atoms with Gasteiger partial charge in [-0.05, 0) is 59.6 Å². The molecule has 0 aliphatic heterocycles. The number of ether oxygens (including phenoxy) is 4. The summed E-state index contributed by atoms with van der Waals surface area (Å²) < 4.78 is 25.0. The zero-order valence-electron chi connectivity index (χ0n) is 32.7. The van der Waals surface area contributed by atoms with Crippen LogP contribution in [-0.2, 0) is 15.1 Å². The summed E-state index contributed by atoms with van der Waals surface area (Å²) >= 11 is 2.03. The number of methoxy groups -OCH3 is 2. The molecule has 5 heteroatoms. The molecular weight excluding hydrogens is 649 g/mol. The molecule has 0 radical (unpaired) electrons. The Kier molecular flexibility index (Phi) is 22.9. The Labute approximate surface area is 316 Å². The molecule has 3 aromatic rings. The molecule has 0 aromatic heterocycles. The highest BCUT2D eigenvalue weighted by Gasteiger charge is 2.38. The molecule has 0 saturated heterocycles. The van der Waals surface area contributed by atoms with E-state index in [1.807, 2.05) is 36.0 Å². The van der Waals surface area contributed by atoms with Crippen LogP contribution in [0.3, 0.4) is 0 Å². The smallest absolute Gasteiger partial charge is 0.143 e. The van der Waals surface area contributed by atoms with E-state index in [0.29, 0.717) is 6.61 Å². The van der Waals surface area contributed by atoms with E-state index in [4.69, 9.17) is 18.9 Å². The number of thioether (sulfide) groups is 1. The molecule has 0 aliphatic carbocycles. The van der Waals surface area contributed by atoms with Crippen LogP contribution in [0.5, 0.6) is 11.5 Å². The van der Waals surface area contributed by atoms with Crippen LogP contribution in [0, 0.1) is 0 Å². The summed E-state index contributed by atoms with van der Waals surface area (Å²) in [7, 11) is 3.42. The first-order valence-corrected chi connectivity index (χ1v) is 21.5. The van der Waals surface area contributed by atoms with E-state index in [1.165, 1.54) is 115 Å². The van der Waals surface area contributed by atoms with Crippen molar-refractivity contribution in [1.82, 2.24) is 0 Å². The lowest BCUT2D eigenvalue weighted by Crippen LogP contribution is -2.37. The van der Waals surface area contributed by atoms with Crippen LogP contribution in [-0.4, -0.2) is 45.0 Å². The monoisotopic (exact) mass is 718 g/mol. The number of benzene rings is 3. The van der Waals surface area contributed by atoms with Crippen LogP contribution >= 0.6 is 11.8 Å². The van der Waals surface area contributed by atoms with Crippen molar-refractivity contribution < 1.29 is 18.9 Å². The minimum Gasteiger partial charge on any atom is -0.497 e. The van der Waals surface area contributed by atoms with Gasteiger partial charge < -0.3 is 18.9 Å². The lowest BCUT2D eigenvalue weighted by molar-refractivity contribution is -0.0571. The fourth-order valence-corrected chi connectivity index (χ4v) is 7.86. The van der Waals surface area contributed by atoms with E-state index in [9.17, 15) is 0 Å². The molecule has 284 valence electrons. The van der Waals surface area contributed by atoms with Crippen LogP contribution in [0.15, 0.2) is 78.9 Å². The van der Waals surface area contributed by atoms with E-state index in [0.717, 1.165) is 47.0 Å². The van der Waals surface area contributed by atoms with Crippen molar-refractivity contribution >= 4 is 11.8 Å². The molecule has 0 fully saturated rings. The van der Waals surface area contributed by atoms with E-state index in [2.05, 4.69) is 68.4 Å². The molecule has 0 heterocycles. The van der Waals surface area contributed by atoms with Gasteiger partial charge in [0, 0.05) is 12.4 Å². The van der Waals surface area contributed by atoms with Crippen LogP contribution in [0.1, 0.15) is 146 Å². The van der Waals surface area contributed by atoms with Crippen molar-refractivity contribution in [3.8, 4) is 11.5 Å². The minimum absolute atomic E-state index is 0.00209. The number of hydrogen-bond donors (Lipinski definition) is 0. The Hall–Kier alpha value is -2.47. The van der Waals surface area contributed by atoms with Gasteiger partial charge in [-0.25, -0.2) is 0 Å². The van der Waals surface area contributed by atoms with Gasteiger partial charge in [0.25, 0.3) is 0 Å². The Bertz CT molecular complexity index is 1180. The molecule has 3 rings (SSSR count). The predicted molar refractivity (Wildman–Crippen MR) is 220 cm³/mol. The summed E-state index contributed by atoms with van der Waals surface area (Å²) in [5.74, 6) is 3.76. The average Bonchev–Trinajstić information content (AvgIpc) is 3.18. The zero-order chi connectivity index (χ0) is 36.2. The molecule has 0 spiro atoms. The molecular formula is C46H70O4S. The van der Waals surface area contributed by atoms with Gasteiger partial charge >= 0.3 is 0 Å². The van der Waals surface area contributed by atoms with E-state index in [1.54, 1.807) is 14.2 Å². The summed E-state index contributed by atoms with van der Waals surface area (Å²) in [5, 5.41) is 0. The average molecular weight is 719 g/mol. The normalized spacial score (nSPS) is 12.2. The highest BCUT2D eigenvalue weighted by molar-refractivity contribution is 7.99. The van der Waals surface area contributed by atoms with Crippen molar-refractivity contribution in [2.45, 2.75) is 141 Å². The molecule has 0 bridgehead atoms. The molecule has 0 aliphatic rings. The van der Waals surface area contributed by atoms with Crippen molar-refractivity contribution in [1.29, 1.82) is 0 Å². The van der Waals surface area contributed by atoms with Gasteiger partial charge in [-0.3, -0.25) is 0 Å². The molecule has 0 saturated carbocycles. The van der Waals surface area contributed by atoms with Crippen LogP contribution < -0.4 is 9.47 Å². The third-order valence-electron chi connectivity index (χ3n) is 9.96. The first-order chi connectivity index (χ1) is 25.2. The summed E-state index contributed by atoms with van der Waals surface area (Å²) in [6.07, 6.45) is 24.1. The molecule has 51 heavy (non-hydrogen) atoms. The highest BCUT2D eigenvalue weighted by Crippen LogP contribution is 2.42. The quantitative estimate of drug-likeness (QED) is 0.0489. The van der Waals surface area contributed by atoms with Crippen LogP contribution in [0.25, 0.3) is 0 Å². The fourth-order valence-electron chi connectivity index (χ4n) is 6.83. The fraction of sp³-hybridized carbons (Fsp3) is 0.609. The second kappa shape index (κ2) is 27.2. The number of hydrogen-bond acceptors (Lipinski definition) is 5. The van der Waals surface area contributed by atoms with Gasteiger partial charge in [0.2, 0.25) is 0 Å². The van der Waals surface area contributed by atoms with Gasteiger partial charge in [0.05, 0.1) is 26.9 Å². The van der Waals surface area contributed by atoms with Gasteiger partial charge in [-0.1, -0.05) is 171 Å². The first kappa shape index (κ1) is 42.9. The largest absolute Gasteiger partial charge is 0.497 e. The lowest BCUT2D eigenvalue weighted by atomic mass is 9.80. The zero-order valence-corrected chi connectivity index (χ0v) is 33.5. The number of rotatable bonds is 31.